The Balaban J connectivity index is 1.13. The van der Waals surface area contributed by atoms with Crippen LogP contribution in [0.15, 0.2) is 60.7 Å². The van der Waals surface area contributed by atoms with Crippen LogP contribution in [0.25, 0.3) is 0 Å². The highest BCUT2D eigenvalue weighted by Gasteiger charge is 2.67. The van der Waals surface area contributed by atoms with E-state index in [1.807, 2.05) is 6.92 Å². The SMILES string of the molecule is CCCOC(=O)c1ccc(NC(=O)c2ccc(N3C(=O)[C@H]4[C@@H]5C=C[C@H]([C@H]6C[C@H]56)[C@@H]4C3=O)cc2)cc1. The molecule has 1 aliphatic heterocycles. The molecule has 1 heterocycles. The van der Waals surface area contributed by atoms with Crippen LogP contribution in [-0.2, 0) is 14.3 Å². The fourth-order valence-corrected chi connectivity index (χ4v) is 6.14. The highest BCUT2D eigenvalue weighted by Crippen LogP contribution is 2.65. The van der Waals surface area contributed by atoms with Gasteiger partial charge in [0.15, 0.2) is 0 Å². The van der Waals surface area contributed by atoms with Crippen LogP contribution in [0.2, 0.25) is 0 Å². The first-order chi connectivity index (χ1) is 17.0. The van der Waals surface area contributed by atoms with Crippen LogP contribution in [-0.4, -0.2) is 30.3 Å². The number of imide groups is 1. The number of anilines is 2. The molecule has 6 atom stereocenters. The number of rotatable bonds is 6. The Bertz CT molecular complexity index is 1210. The van der Waals surface area contributed by atoms with Gasteiger partial charge in [-0.2, -0.15) is 0 Å². The van der Waals surface area contributed by atoms with Gasteiger partial charge in [-0.15, -0.1) is 0 Å². The average molecular weight is 471 g/mol. The summed E-state index contributed by atoms with van der Waals surface area (Å²) in [7, 11) is 0. The number of nitrogens with one attached hydrogen (secondary N) is 1. The quantitative estimate of drug-likeness (QED) is 0.390. The second kappa shape index (κ2) is 8.18. The second-order valence-corrected chi connectivity index (χ2v) is 9.88. The van der Waals surface area contributed by atoms with Crippen molar-refractivity contribution in [2.75, 3.05) is 16.8 Å². The lowest BCUT2D eigenvalue weighted by atomic mass is 9.63. The Hall–Kier alpha value is -3.74. The fraction of sp³-hybridized carbons (Fsp3) is 0.357. The molecule has 7 nitrogen and oxygen atoms in total. The molecule has 7 rings (SSSR count). The summed E-state index contributed by atoms with van der Waals surface area (Å²) in [4.78, 5) is 52.5. The van der Waals surface area contributed by atoms with E-state index in [0.717, 1.165) is 12.8 Å². The third-order valence-electron chi connectivity index (χ3n) is 7.87. The minimum atomic E-state index is -0.396. The van der Waals surface area contributed by atoms with Crippen LogP contribution in [0, 0.1) is 35.5 Å². The lowest BCUT2D eigenvalue weighted by Crippen LogP contribution is -2.40. The van der Waals surface area contributed by atoms with Gasteiger partial charge in [0.2, 0.25) is 11.8 Å². The number of carbonyl (C=O) groups excluding carboxylic acids is 4. The number of hydrogen-bond acceptors (Lipinski definition) is 5. The zero-order valence-electron chi connectivity index (χ0n) is 19.3. The van der Waals surface area contributed by atoms with E-state index >= 15 is 0 Å². The minimum Gasteiger partial charge on any atom is -0.462 e. The molecular formula is C28H26N2O5. The Morgan fingerprint density at radius 2 is 1.46 bits per heavy atom. The van der Waals surface area contributed by atoms with Gasteiger partial charge in [0, 0.05) is 11.3 Å². The Morgan fingerprint density at radius 3 is 2.03 bits per heavy atom. The predicted octanol–water partition coefficient (Wildman–Crippen LogP) is 4.06. The van der Waals surface area contributed by atoms with Crippen LogP contribution in [0.4, 0.5) is 11.4 Å². The molecule has 1 N–H and O–H groups in total. The smallest absolute Gasteiger partial charge is 0.338 e. The Kier molecular flexibility index (Phi) is 5.09. The largest absolute Gasteiger partial charge is 0.462 e. The van der Waals surface area contributed by atoms with E-state index in [9.17, 15) is 19.2 Å². The number of esters is 1. The standard InChI is InChI=1S/C28H26N2O5/c1-2-13-35-28(34)16-3-7-17(8-4-16)29-25(31)15-5-9-18(10-6-15)30-26(32)23-19-11-12-20(22-14-21(19)22)24(23)27(30)33/h3-12,19-24H,2,13-14H2,1H3,(H,29,31)/t19-,20-,21-,22-,23+,24+/m1/s1. The van der Waals surface area contributed by atoms with Crippen molar-refractivity contribution in [1.82, 2.24) is 0 Å². The van der Waals surface area contributed by atoms with E-state index in [4.69, 9.17) is 4.74 Å². The van der Waals surface area contributed by atoms with Crippen molar-refractivity contribution in [3.05, 3.63) is 71.8 Å². The molecule has 0 radical (unpaired) electrons. The van der Waals surface area contributed by atoms with Gasteiger partial charge in [0.1, 0.15) is 0 Å². The van der Waals surface area contributed by atoms with Gasteiger partial charge in [0.25, 0.3) is 5.91 Å². The molecule has 3 fully saturated rings. The van der Waals surface area contributed by atoms with Crippen molar-refractivity contribution < 1.29 is 23.9 Å². The highest BCUT2D eigenvalue weighted by atomic mass is 16.5. The Morgan fingerprint density at radius 1 is 0.886 bits per heavy atom. The number of hydrogen-bond donors (Lipinski definition) is 1. The first-order valence-electron chi connectivity index (χ1n) is 12.2. The number of nitrogens with zero attached hydrogens (tertiary/aromatic N) is 1. The van der Waals surface area contributed by atoms with Crippen LogP contribution in [0.3, 0.4) is 0 Å². The maximum absolute atomic E-state index is 13.3. The number of ether oxygens (including phenoxy) is 1. The summed E-state index contributed by atoms with van der Waals surface area (Å²) in [6.45, 7) is 2.29. The summed E-state index contributed by atoms with van der Waals surface area (Å²) < 4.78 is 5.11. The molecule has 7 heteroatoms. The molecule has 3 amide bonds. The summed E-state index contributed by atoms with van der Waals surface area (Å²) in [6.07, 6.45) is 6.19. The summed E-state index contributed by atoms with van der Waals surface area (Å²) in [5.41, 5.74) is 1.87. The normalized spacial score (nSPS) is 29.6. The van der Waals surface area contributed by atoms with Gasteiger partial charge < -0.3 is 10.1 Å². The minimum absolute atomic E-state index is 0.112. The first-order valence-corrected chi connectivity index (χ1v) is 12.2. The molecule has 0 unspecified atom stereocenters. The van der Waals surface area contributed by atoms with Crippen LogP contribution < -0.4 is 10.2 Å². The van der Waals surface area contributed by atoms with Crippen LogP contribution in [0.5, 0.6) is 0 Å². The summed E-state index contributed by atoms with van der Waals surface area (Å²) in [5, 5.41) is 2.80. The van der Waals surface area contributed by atoms with E-state index in [1.54, 1.807) is 48.5 Å². The first kappa shape index (κ1) is 21.8. The Labute approximate surface area is 203 Å². The van der Waals surface area contributed by atoms with E-state index in [-0.39, 0.29) is 41.4 Å². The lowest BCUT2D eigenvalue weighted by Gasteiger charge is -2.37. The van der Waals surface area contributed by atoms with E-state index in [1.165, 1.54) is 4.90 Å². The lowest BCUT2D eigenvalue weighted by molar-refractivity contribution is -0.124. The molecule has 2 aromatic carbocycles. The topological polar surface area (TPSA) is 92.8 Å². The van der Waals surface area contributed by atoms with E-state index in [0.29, 0.717) is 40.9 Å². The predicted molar refractivity (Wildman–Crippen MR) is 129 cm³/mol. The van der Waals surface area contributed by atoms with Crippen molar-refractivity contribution in [2.24, 2.45) is 35.5 Å². The number of allylic oxidation sites excluding steroid dienone is 2. The van der Waals surface area contributed by atoms with E-state index in [2.05, 4.69) is 17.5 Å². The van der Waals surface area contributed by atoms with Gasteiger partial charge in [-0.1, -0.05) is 19.1 Å². The monoisotopic (exact) mass is 470 g/mol. The molecule has 4 aliphatic carbocycles. The zero-order valence-corrected chi connectivity index (χ0v) is 19.3. The molecule has 2 bridgehead atoms. The summed E-state index contributed by atoms with van der Waals surface area (Å²) in [6, 6.07) is 13.0. The maximum atomic E-state index is 13.3. The van der Waals surface area contributed by atoms with Crippen molar-refractivity contribution in [1.29, 1.82) is 0 Å². The third kappa shape index (κ3) is 3.49. The number of amides is 3. The average Bonchev–Trinajstić information content (AvgIpc) is 3.66. The molecule has 1 saturated heterocycles. The number of benzene rings is 2. The maximum Gasteiger partial charge on any atom is 0.338 e. The molecule has 2 aromatic rings. The van der Waals surface area contributed by atoms with Gasteiger partial charge >= 0.3 is 5.97 Å². The van der Waals surface area contributed by atoms with Gasteiger partial charge in [0.05, 0.1) is 29.7 Å². The van der Waals surface area contributed by atoms with Crippen LogP contribution >= 0.6 is 0 Å². The zero-order chi connectivity index (χ0) is 24.3. The number of carbonyl (C=O) groups is 4. The van der Waals surface area contributed by atoms with E-state index < -0.39 is 5.97 Å². The molecule has 0 aromatic heterocycles. The van der Waals surface area contributed by atoms with Crippen molar-refractivity contribution in [2.45, 2.75) is 19.8 Å². The van der Waals surface area contributed by atoms with Crippen molar-refractivity contribution >= 4 is 35.1 Å². The summed E-state index contributed by atoms with van der Waals surface area (Å²) in [5.74, 6) is 0.0506. The highest BCUT2D eigenvalue weighted by molar-refractivity contribution is 6.22. The molecule has 0 spiro atoms. The third-order valence-corrected chi connectivity index (χ3v) is 7.87. The van der Waals surface area contributed by atoms with Crippen molar-refractivity contribution in [3.8, 4) is 0 Å². The van der Waals surface area contributed by atoms with Crippen molar-refractivity contribution in [3.63, 3.8) is 0 Å². The molecule has 5 aliphatic rings. The van der Waals surface area contributed by atoms with Gasteiger partial charge in [-0.3, -0.25) is 19.3 Å². The van der Waals surface area contributed by atoms with Gasteiger partial charge in [-0.05, 0) is 85.0 Å². The molecular weight excluding hydrogens is 444 g/mol. The fourth-order valence-electron chi connectivity index (χ4n) is 6.14. The van der Waals surface area contributed by atoms with Gasteiger partial charge in [-0.25, -0.2) is 4.79 Å². The summed E-state index contributed by atoms with van der Waals surface area (Å²) >= 11 is 0. The van der Waals surface area contributed by atoms with Crippen LogP contribution in [0.1, 0.15) is 40.5 Å². The molecule has 2 saturated carbocycles. The molecule has 178 valence electrons. The second-order valence-electron chi connectivity index (χ2n) is 9.88. The molecule has 35 heavy (non-hydrogen) atoms.